The number of carboxylic acids is 1. The summed E-state index contributed by atoms with van der Waals surface area (Å²) in [5.41, 5.74) is -0.881. The number of carbonyl (C=O) groups is 1. The lowest BCUT2D eigenvalue weighted by atomic mass is 9.84. The van der Waals surface area contributed by atoms with Crippen LogP contribution in [0.4, 0.5) is 0 Å². The zero-order valence-electron chi connectivity index (χ0n) is 23.4. The molecule has 1 atom stereocenters. The number of benzene rings is 1. The van der Waals surface area contributed by atoms with Crippen LogP contribution in [0.3, 0.4) is 0 Å². The van der Waals surface area contributed by atoms with Crippen molar-refractivity contribution in [2.24, 2.45) is 5.92 Å². The fraction of sp³-hybridized carbons (Fsp3) is 0.567. The Bertz CT molecular complexity index is 1490. The second-order valence-electron chi connectivity index (χ2n) is 11.1. The molecule has 2 fully saturated rings. The molecule has 1 N–H and O–H groups in total. The zero-order valence-corrected chi connectivity index (χ0v) is 24.3. The van der Waals surface area contributed by atoms with Gasteiger partial charge in [-0.05, 0) is 62.1 Å². The van der Waals surface area contributed by atoms with Crippen molar-refractivity contribution in [1.82, 2.24) is 9.13 Å². The fourth-order valence-corrected chi connectivity index (χ4v) is 7.87. The molecule has 0 unspecified atom stereocenters. The molecule has 0 bridgehead atoms. The van der Waals surface area contributed by atoms with Gasteiger partial charge in [-0.2, -0.15) is 0 Å². The maximum atomic E-state index is 14.4. The van der Waals surface area contributed by atoms with Gasteiger partial charge in [-0.25, -0.2) is 14.2 Å². The molecule has 3 heterocycles. The van der Waals surface area contributed by atoms with E-state index < -0.39 is 22.8 Å². The minimum absolute atomic E-state index is 0.0938. The second kappa shape index (κ2) is 11.9. The molecular formula is C30H38N2O7S. The van der Waals surface area contributed by atoms with Gasteiger partial charge in [-0.1, -0.05) is 31.0 Å². The van der Waals surface area contributed by atoms with Crippen LogP contribution in [0.2, 0.25) is 0 Å². The zero-order chi connectivity index (χ0) is 28.4. The molecule has 1 saturated carbocycles. The number of nitrogens with zero attached hydrogens (tertiary/aromatic N) is 2. The number of para-hydroxylation sites is 1. The molecule has 2 aliphatic rings. The van der Waals surface area contributed by atoms with Crippen molar-refractivity contribution in [3.05, 3.63) is 61.1 Å². The molecule has 1 aliphatic carbocycles. The Morgan fingerprint density at radius 3 is 2.52 bits per heavy atom. The van der Waals surface area contributed by atoms with E-state index in [4.69, 9.17) is 14.2 Å². The number of hydrogen-bond acceptors (Lipinski definition) is 7. The number of carboxylic acid groups (broad SMARTS) is 1. The quantitative estimate of drug-likeness (QED) is 0.378. The number of hydrogen-bond donors (Lipinski definition) is 1. The van der Waals surface area contributed by atoms with Crippen LogP contribution in [-0.2, 0) is 33.0 Å². The number of methoxy groups -OCH3 is 2. The molecule has 216 valence electrons. The van der Waals surface area contributed by atoms with Gasteiger partial charge in [0, 0.05) is 37.7 Å². The number of rotatable bonds is 10. The summed E-state index contributed by atoms with van der Waals surface area (Å²) in [5.74, 6) is -0.0557. The third-order valence-corrected chi connectivity index (χ3v) is 10.1. The molecule has 1 saturated heterocycles. The van der Waals surface area contributed by atoms with Crippen LogP contribution >= 0.6 is 11.3 Å². The first-order valence-corrected chi connectivity index (χ1v) is 14.8. The van der Waals surface area contributed by atoms with Gasteiger partial charge in [0.25, 0.3) is 5.56 Å². The van der Waals surface area contributed by atoms with E-state index in [1.165, 1.54) is 11.3 Å². The van der Waals surface area contributed by atoms with E-state index in [1.54, 1.807) is 18.8 Å². The van der Waals surface area contributed by atoms with Crippen molar-refractivity contribution in [3.8, 4) is 5.75 Å². The lowest BCUT2D eigenvalue weighted by Gasteiger charge is -2.30. The van der Waals surface area contributed by atoms with Gasteiger partial charge in [-0.15, -0.1) is 11.3 Å². The first kappa shape index (κ1) is 28.6. The van der Waals surface area contributed by atoms with Crippen LogP contribution in [0.15, 0.2) is 33.9 Å². The maximum absolute atomic E-state index is 14.4. The Morgan fingerprint density at radius 2 is 1.88 bits per heavy atom. The van der Waals surface area contributed by atoms with Gasteiger partial charge >= 0.3 is 11.7 Å². The summed E-state index contributed by atoms with van der Waals surface area (Å²) >= 11 is 1.38. The highest BCUT2D eigenvalue weighted by Crippen LogP contribution is 2.39. The van der Waals surface area contributed by atoms with Gasteiger partial charge < -0.3 is 19.3 Å². The van der Waals surface area contributed by atoms with Gasteiger partial charge in [0.2, 0.25) is 0 Å². The monoisotopic (exact) mass is 570 g/mol. The Hall–Kier alpha value is -2.95. The Kier molecular flexibility index (Phi) is 8.49. The normalized spacial score (nSPS) is 18.3. The van der Waals surface area contributed by atoms with E-state index in [9.17, 15) is 19.5 Å². The molecule has 0 spiro atoms. The number of aryl methyl sites for hydroxylation is 1. The Labute approximate surface area is 237 Å². The highest BCUT2D eigenvalue weighted by molar-refractivity contribution is 7.18. The van der Waals surface area contributed by atoms with Crippen molar-refractivity contribution in [2.45, 2.75) is 76.5 Å². The first-order chi connectivity index (χ1) is 19.3. The highest BCUT2D eigenvalue weighted by atomic mass is 32.1. The van der Waals surface area contributed by atoms with Gasteiger partial charge in [0.1, 0.15) is 16.1 Å². The largest absolute Gasteiger partial charge is 0.496 e. The third-order valence-electron chi connectivity index (χ3n) is 8.78. The summed E-state index contributed by atoms with van der Waals surface area (Å²) in [6.45, 7) is 3.89. The number of thiophene rings is 1. The highest BCUT2D eigenvalue weighted by Gasteiger charge is 2.46. The minimum Gasteiger partial charge on any atom is -0.496 e. The number of aliphatic carboxylic acids is 1. The van der Waals surface area contributed by atoms with Gasteiger partial charge in [-0.3, -0.25) is 9.36 Å². The van der Waals surface area contributed by atoms with Crippen molar-refractivity contribution < 1.29 is 24.1 Å². The summed E-state index contributed by atoms with van der Waals surface area (Å²) in [5, 5.41) is 10.8. The van der Waals surface area contributed by atoms with E-state index in [2.05, 4.69) is 0 Å². The van der Waals surface area contributed by atoms with E-state index in [1.807, 2.05) is 31.2 Å². The van der Waals surface area contributed by atoms with Gasteiger partial charge in [0.05, 0.1) is 19.1 Å². The molecule has 0 amide bonds. The molecule has 10 heteroatoms. The Morgan fingerprint density at radius 1 is 1.18 bits per heavy atom. The molecule has 1 aromatic carbocycles. The topological polar surface area (TPSA) is 109 Å². The first-order valence-electron chi connectivity index (χ1n) is 14.0. The molecule has 5 rings (SSSR count). The molecule has 2 aromatic heterocycles. The molecule has 3 aromatic rings. The molecular weight excluding hydrogens is 532 g/mol. The molecule has 1 aliphatic heterocycles. The smallest absolute Gasteiger partial charge is 0.333 e. The van der Waals surface area contributed by atoms with Crippen molar-refractivity contribution in [1.29, 1.82) is 0 Å². The standard InChI is InChI=1S/C30H38N2O7S/c1-19-24(18-37-2)40-27-25(19)26(33)32(30(28(34)35)12-6-7-13-30)29(36)31(27)17-21(16-20-10-14-39-15-11-20)22-8-4-5-9-23(22)38-3/h4-5,8-9,20-21H,6-7,10-18H2,1-3H3,(H,34,35)/t21-/m0/s1. The van der Waals surface area contributed by atoms with Crippen LogP contribution in [-0.4, -0.2) is 47.6 Å². The Balaban J connectivity index is 1.74. The van der Waals surface area contributed by atoms with Crippen LogP contribution in [0, 0.1) is 12.8 Å². The average Bonchev–Trinajstić information content (AvgIpc) is 3.57. The van der Waals surface area contributed by atoms with E-state index in [0.29, 0.717) is 55.3 Å². The van der Waals surface area contributed by atoms with E-state index in [-0.39, 0.29) is 18.8 Å². The molecule has 40 heavy (non-hydrogen) atoms. The van der Waals surface area contributed by atoms with Crippen LogP contribution in [0.25, 0.3) is 10.2 Å². The van der Waals surface area contributed by atoms with Crippen LogP contribution in [0.1, 0.15) is 66.9 Å². The third kappa shape index (κ3) is 5.01. The number of aromatic nitrogens is 2. The fourth-order valence-electron chi connectivity index (χ4n) is 6.60. The van der Waals surface area contributed by atoms with Crippen LogP contribution in [0.5, 0.6) is 5.75 Å². The van der Waals surface area contributed by atoms with E-state index >= 15 is 0 Å². The van der Waals surface area contributed by atoms with Crippen LogP contribution < -0.4 is 16.0 Å². The summed E-state index contributed by atoms with van der Waals surface area (Å²) in [4.78, 5) is 42.5. The van der Waals surface area contributed by atoms with Crippen molar-refractivity contribution >= 4 is 27.5 Å². The predicted octanol–water partition coefficient (Wildman–Crippen LogP) is 4.64. The molecule has 9 nitrogen and oxygen atoms in total. The average molecular weight is 571 g/mol. The molecule has 0 radical (unpaired) electrons. The lowest BCUT2D eigenvalue weighted by molar-refractivity contribution is -0.147. The summed E-state index contributed by atoms with van der Waals surface area (Å²) < 4.78 is 19.5. The number of fused-ring (bicyclic) bond motifs is 1. The van der Waals surface area contributed by atoms with Crippen molar-refractivity contribution in [2.75, 3.05) is 27.4 Å². The van der Waals surface area contributed by atoms with Crippen molar-refractivity contribution in [3.63, 3.8) is 0 Å². The SMILES string of the molecule is COCc1sc2c(c1C)c(=O)n(C1(C(=O)O)CCCC1)c(=O)n2C[C@H](CC1CCOCC1)c1ccccc1OC. The summed E-state index contributed by atoms with van der Waals surface area (Å²) in [6.07, 6.45) is 4.52. The second-order valence-corrected chi connectivity index (χ2v) is 12.2. The number of ether oxygens (including phenoxy) is 3. The minimum atomic E-state index is -1.54. The lowest BCUT2D eigenvalue weighted by Crippen LogP contribution is -2.54. The summed E-state index contributed by atoms with van der Waals surface area (Å²) in [6, 6.07) is 7.86. The van der Waals surface area contributed by atoms with Gasteiger partial charge in [0.15, 0.2) is 0 Å². The predicted molar refractivity (Wildman–Crippen MR) is 154 cm³/mol. The van der Waals surface area contributed by atoms with E-state index in [0.717, 1.165) is 45.6 Å². The summed E-state index contributed by atoms with van der Waals surface area (Å²) in [7, 11) is 3.24. The maximum Gasteiger partial charge on any atom is 0.333 e.